The largest absolute Gasteiger partial charge is 0.212 e. The molecule has 0 atom stereocenters. The summed E-state index contributed by atoms with van der Waals surface area (Å²) in [5.41, 5.74) is 4.77. The molecule has 0 spiro atoms. The molecule has 1 heterocycles. The van der Waals surface area contributed by atoms with E-state index in [4.69, 9.17) is 4.11 Å². The molecule has 0 amide bonds. The molecule has 0 bridgehead atoms. The highest BCUT2D eigenvalue weighted by Gasteiger charge is 2.19. The molecule has 0 radical (unpaired) electrons. The Bertz CT molecular complexity index is 710. The maximum atomic E-state index is 7.86. The average molecular weight is 271 g/mol. The van der Waals surface area contributed by atoms with Crippen LogP contribution in [0.5, 0.6) is 0 Å². The molecule has 0 fully saturated rings. The van der Waals surface area contributed by atoms with Crippen LogP contribution in [0.4, 0.5) is 0 Å². The van der Waals surface area contributed by atoms with Crippen LogP contribution < -0.4 is 4.57 Å². The molecule has 0 N–H and O–H groups in total. The molecule has 0 unspecified atom stereocenters. The predicted octanol–water partition coefficient (Wildman–Crippen LogP) is 4.38. The Kier molecular flexibility index (Phi) is 2.99. The van der Waals surface area contributed by atoms with Crippen molar-refractivity contribution in [2.45, 2.75) is 41.0 Å². The van der Waals surface area contributed by atoms with Crippen LogP contribution in [0, 0.1) is 19.2 Å². The van der Waals surface area contributed by atoms with Crippen molar-refractivity contribution in [2.75, 3.05) is 0 Å². The van der Waals surface area contributed by atoms with E-state index in [9.17, 15) is 0 Å². The van der Waals surface area contributed by atoms with E-state index in [1.54, 1.807) is 6.20 Å². The fraction of sp³-hybridized carbons (Fsp3) is 0.421. The molecule has 20 heavy (non-hydrogen) atoms. The summed E-state index contributed by atoms with van der Waals surface area (Å²) in [6.07, 6.45) is 2.51. The van der Waals surface area contributed by atoms with Crippen LogP contribution in [0.15, 0.2) is 36.5 Å². The van der Waals surface area contributed by atoms with E-state index in [-0.39, 0.29) is 5.41 Å². The van der Waals surface area contributed by atoms with Crippen LogP contribution in [-0.2, 0) is 13.5 Å². The van der Waals surface area contributed by atoms with E-state index >= 15 is 0 Å². The van der Waals surface area contributed by atoms with Crippen molar-refractivity contribution in [1.82, 2.24) is 0 Å². The van der Waals surface area contributed by atoms with Gasteiger partial charge in [-0.3, -0.25) is 0 Å². The Morgan fingerprint density at radius 2 is 1.85 bits per heavy atom. The monoisotopic (exact) mass is 271 g/mol. The molecule has 1 heteroatoms. The van der Waals surface area contributed by atoms with Gasteiger partial charge in [0, 0.05) is 21.3 Å². The number of nitrogens with zero attached hydrogens (tertiary/aromatic N) is 1. The molecule has 1 nitrogen and oxygen atoms in total. The summed E-state index contributed by atoms with van der Waals surface area (Å²) in [5.74, 6) is 0. The average Bonchev–Trinajstić information content (AvgIpc) is 2.38. The molecular formula is C19H26N+. The first kappa shape index (κ1) is 11.1. The van der Waals surface area contributed by atoms with Crippen LogP contribution in [-0.4, -0.2) is 0 Å². The van der Waals surface area contributed by atoms with Gasteiger partial charge in [-0.25, -0.2) is 4.57 Å². The van der Waals surface area contributed by atoms with E-state index in [2.05, 4.69) is 45.9 Å². The Hall–Kier alpha value is -1.63. The van der Waals surface area contributed by atoms with Gasteiger partial charge in [-0.05, 0) is 42.8 Å². The lowest BCUT2D eigenvalue weighted by Gasteiger charge is -2.19. The Morgan fingerprint density at radius 3 is 2.45 bits per heavy atom. The predicted molar refractivity (Wildman–Crippen MR) is 85.7 cm³/mol. The van der Waals surface area contributed by atoms with E-state index in [1.807, 2.05) is 23.7 Å². The van der Waals surface area contributed by atoms with E-state index in [0.717, 1.165) is 23.2 Å². The minimum absolute atomic E-state index is 0.0307. The van der Waals surface area contributed by atoms with Gasteiger partial charge < -0.3 is 0 Å². The first-order valence-electron chi connectivity index (χ1n) is 8.58. The smallest absolute Gasteiger partial charge is 0.201 e. The van der Waals surface area contributed by atoms with Crippen LogP contribution in [0.25, 0.3) is 11.3 Å². The maximum absolute atomic E-state index is 7.86. The third-order valence-corrected chi connectivity index (χ3v) is 3.50. The lowest BCUT2D eigenvalue weighted by Crippen LogP contribution is -2.32. The first-order valence-corrected chi connectivity index (χ1v) is 7.08. The summed E-state index contributed by atoms with van der Waals surface area (Å²) in [7, 11) is 1.91. The van der Waals surface area contributed by atoms with Gasteiger partial charge in [0.1, 0.15) is 7.05 Å². The van der Waals surface area contributed by atoms with Crippen molar-refractivity contribution in [1.29, 1.82) is 0 Å². The quantitative estimate of drug-likeness (QED) is 0.714. The standard InChI is InChI=1S/C19H26N/c1-14-9-7-8-10-17(14)18-11-16(12-19(3,4)5)15(2)13-20(18)6/h7-11,13H,12H2,1-6H3/q+1/i2D3. The van der Waals surface area contributed by atoms with Crippen LogP contribution >= 0.6 is 0 Å². The molecule has 1 aromatic carbocycles. The fourth-order valence-corrected chi connectivity index (χ4v) is 2.54. The van der Waals surface area contributed by atoms with Gasteiger partial charge in [0.05, 0.1) is 0 Å². The molecule has 2 rings (SSSR count). The highest BCUT2D eigenvalue weighted by Crippen LogP contribution is 2.26. The van der Waals surface area contributed by atoms with Crippen molar-refractivity contribution in [3.63, 3.8) is 0 Å². The second kappa shape index (κ2) is 5.40. The number of hydrogen-bond acceptors (Lipinski definition) is 0. The van der Waals surface area contributed by atoms with Crippen molar-refractivity contribution >= 4 is 0 Å². The molecule has 0 saturated carbocycles. The van der Waals surface area contributed by atoms with Crippen molar-refractivity contribution in [3.05, 3.63) is 53.2 Å². The molecule has 1 aromatic heterocycles. The second-order valence-electron chi connectivity index (χ2n) is 6.76. The van der Waals surface area contributed by atoms with E-state index in [0.29, 0.717) is 5.56 Å². The summed E-state index contributed by atoms with van der Waals surface area (Å²) < 4.78 is 25.5. The molecule has 106 valence electrons. The van der Waals surface area contributed by atoms with Gasteiger partial charge in [0.2, 0.25) is 5.69 Å². The van der Waals surface area contributed by atoms with E-state index < -0.39 is 6.85 Å². The zero-order valence-corrected chi connectivity index (χ0v) is 13.1. The Labute approximate surface area is 127 Å². The summed E-state index contributed by atoms with van der Waals surface area (Å²) >= 11 is 0. The van der Waals surface area contributed by atoms with Crippen LogP contribution in [0.2, 0.25) is 0 Å². The topological polar surface area (TPSA) is 3.88 Å². The lowest BCUT2D eigenvalue weighted by molar-refractivity contribution is -0.660. The molecule has 2 aromatic rings. The number of aromatic nitrogens is 1. The van der Waals surface area contributed by atoms with Gasteiger partial charge in [0.15, 0.2) is 6.20 Å². The highest BCUT2D eigenvalue weighted by atomic mass is 14.9. The third kappa shape index (κ3) is 3.27. The molecule has 0 aliphatic heterocycles. The minimum atomic E-state index is -2.09. The normalized spacial score (nSPS) is 14.6. The maximum Gasteiger partial charge on any atom is 0.212 e. The number of hydrogen-bond donors (Lipinski definition) is 0. The Balaban J connectivity index is 2.68. The SMILES string of the molecule is [2H]C([2H])([2H])c1c[n+](C)c(-c2ccccc2C)cc1CC(C)(C)C. The number of benzene rings is 1. The summed E-state index contributed by atoms with van der Waals surface area (Å²) in [4.78, 5) is 0. The van der Waals surface area contributed by atoms with Gasteiger partial charge in [0.25, 0.3) is 0 Å². The first-order chi connectivity index (χ1) is 10.5. The third-order valence-electron chi connectivity index (χ3n) is 3.50. The Morgan fingerprint density at radius 1 is 1.15 bits per heavy atom. The van der Waals surface area contributed by atoms with Crippen molar-refractivity contribution in [2.24, 2.45) is 12.5 Å². The number of rotatable bonds is 2. The lowest BCUT2D eigenvalue weighted by atomic mass is 9.86. The van der Waals surface area contributed by atoms with Crippen LogP contribution in [0.1, 0.15) is 41.6 Å². The number of aryl methyl sites for hydroxylation is 3. The fourth-order valence-electron chi connectivity index (χ4n) is 2.54. The van der Waals surface area contributed by atoms with Gasteiger partial charge in [-0.15, -0.1) is 0 Å². The molecule has 0 aliphatic carbocycles. The minimum Gasteiger partial charge on any atom is -0.201 e. The van der Waals surface area contributed by atoms with Gasteiger partial charge in [-0.1, -0.05) is 39.0 Å². The zero-order valence-electron chi connectivity index (χ0n) is 16.1. The second-order valence-corrected chi connectivity index (χ2v) is 6.76. The molecule has 0 saturated heterocycles. The highest BCUT2D eigenvalue weighted by molar-refractivity contribution is 5.61. The molecule has 0 aliphatic rings. The van der Waals surface area contributed by atoms with Crippen molar-refractivity contribution in [3.8, 4) is 11.3 Å². The van der Waals surface area contributed by atoms with E-state index in [1.165, 1.54) is 5.56 Å². The molecular weight excluding hydrogens is 242 g/mol. The number of pyridine rings is 1. The summed E-state index contributed by atoms with van der Waals surface area (Å²) in [6.45, 7) is 6.39. The summed E-state index contributed by atoms with van der Waals surface area (Å²) in [6, 6.07) is 10.3. The van der Waals surface area contributed by atoms with Crippen LogP contribution in [0.3, 0.4) is 0 Å². The van der Waals surface area contributed by atoms with Gasteiger partial charge >= 0.3 is 0 Å². The van der Waals surface area contributed by atoms with Crippen molar-refractivity contribution < 1.29 is 8.68 Å². The zero-order chi connectivity index (χ0) is 17.4. The van der Waals surface area contributed by atoms with Gasteiger partial charge in [-0.2, -0.15) is 0 Å². The summed E-state index contributed by atoms with van der Waals surface area (Å²) in [5, 5.41) is 0.